The van der Waals surface area contributed by atoms with Crippen LogP contribution in [0.2, 0.25) is 0 Å². The van der Waals surface area contributed by atoms with E-state index in [0.29, 0.717) is 12.5 Å². The minimum atomic E-state index is 0.636. The fourth-order valence-electron chi connectivity index (χ4n) is 0.848. The van der Waals surface area contributed by atoms with Crippen LogP contribution in [0.1, 0.15) is 12.1 Å². The second-order valence-corrected chi connectivity index (χ2v) is 3.50. The van der Waals surface area contributed by atoms with Crippen molar-refractivity contribution < 1.29 is 4.74 Å². The molecule has 0 aliphatic heterocycles. The normalized spacial score (nSPS) is 9.69. The Morgan fingerprint density at radius 2 is 2.38 bits per heavy atom. The minimum Gasteiger partial charge on any atom is -0.477 e. The first kappa shape index (κ1) is 10.3. The summed E-state index contributed by atoms with van der Waals surface area (Å²) in [4.78, 5) is 4.24. The molecular formula is C10H12BrNO. The maximum absolute atomic E-state index is 5.38. The summed E-state index contributed by atoms with van der Waals surface area (Å²) in [6.07, 6.45) is 2.67. The molecule has 0 unspecified atom stereocenters. The molecule has 0 aliphatic rings. The maximum Gasteiger partial charge on any atom is 0.213 e. The number of ether oxygens (including phenoxy) is 1. The van der Waals surface area contributed by atoms with Crippen molar-refractivity contribution in [2.45, 2.75) is 13.3 Å². The highest BCUT2D eigenvalue weighted by atomic mass is 79.9. The van der Waals surface area contributed by atoms with Gasteiger partial charge >= 0.3 is 0 Å². The predicted octanol–water partition coefficient (Wildman–Crippen LogP) is 3.11. The van der Waals surface area contributed by atoms with Gasteiger partial charge in [-0.2, -0.15) is 0 Å². The molecule has 0 aliphatic carbocycles. The Bertz CT molecular complexity index is 299. The van der Waals surface area contributed by atoms with Crippen LogP contribution < -0.4 is 4.74 Å². The molecule has 3 heteroatoms. The molecule has 0 fully saturated rings. The highest BCUT2D eigenvalue weighted by Gasteiger charge is 1.98. The minimum absolute atomic E-state index is 0.636. The van der Waals surface area contributed by atoms with Crippen molar-refractivity contribution in [3.63, 3.8) is 0 Å². The van der Waals surface area contributed by atoms with Gasteiger partial charge in [0, 0.05) is 10.5 Å². The molecule has 0 spiro atoms. The zero-order valence-corrected chi connectivity index (χ0v) is 9.17. The highest BCUT2D eigenvalue weighted by Crippen LogP contribution is 2.17. The molecule has 1 aromatic heterocycles. The largest absolute Gasteiger partial charge is 0.477 e. The first-order valence-corrected chi connectivity index (χ1v) is 4.90. The van der Waals surface area contributed by atoms with Crippen LogP contribution in [0, 0.1) is 6.92 Å². The molecule has 0 saturated carbocycles. The predicted molar refractivity (Wildman–Crippen MR) is 57.0 cm³/mol. The summed E-state index contributed by atoms with van der Waals surface area (Å²) >= 11 is 3.38. The average molecular weight is 242 g/mol. The molecule has 0 N–H and O–H groups in total. The van der Waals surface area contributed by atoms with Crippen molar-refractivity contribution in [2.75, 3.05) is 6.61 Å². The molecule has 1 heterocycles. The smallest absolute Gasteiger partial charge is 0.213 e. The van der Waals surface area contributed by atoms with E-state index in [0.717, 1.165) is 16.6 Å². The number of aromatic nitrogens is 1. The summed E-state index contributed by atoms with van der Waals surface area (Å²) in [5.74, 6) is 0.669. The molecule has 2 nitrogen and oxygen atoms in total. The monoisotopic (exact) mass is 241 g/mol. The maximum atomic E-state index is 5.38. The molecule has 1 aromatic rings. The molecule has 0 bridgehead atoms. The third kappa shape index (κ3) is 3.19. The van der Waals surface area contributed by atoms with Gasteiger partial charge in [-0.1, -0.05) is 6.08 Å². The lowest BCUT2D eigenvalue weighted by molar-refractivity contribution is 0.311. The molecular weight excluding hydrogens is 230 g/mol. The average Bonchev–Trinajstić information content (AvgIpc) is 2.12. The van der Waals surface area contributed by atoms with Gasteiger partial charge in [0.15, 0.2) is 0 Å². The van der Waals surface area contributed by atoms with Crippen LogP contribution in [0.15, 0.2) is 29.3 Å². The Kier molecular flexibility index (Phi) is 3.96. The molecule has 0 aromatic carbocycles. The van der Waals surface area contributed by atoms with E-state index >= 15 is 0 Å². The summed E-state index contributed by atoms with van der Waals surface area (Å²) < 4.78 is 6.38. The van der Waals surface area contributed by atoms with E-state index in [1.165, 1.54) is 0 Å². The third-order valence-corrected chi connectivity index (χ3v) is 2.41. The van der Waals surface area contributed by atoms with Crippen molar-refractivity contribution >= 4 is 15.9 Å². The van der Waals surface area contributed by atoms with Crippen LogP contribution in [0.25, 0.3) is 0 Å². The van der Waals surface area contributed by atoms with Crippen LogP contribution in [0.3, 0.4) is 0 Å². The van der Waals surface area contributed by atoms with E-state index in [4.69, 9.17) is 4.74 Å². The fourth-order valence-corrected chi connectivity index (χ4v) is 1.07. The Labute approximate surface area is 86.8 Å². The van der Waals surface area contributed by atoms with Gasteiger partial charge in [0.2, 0.25) is 5.88 Å². The van der Waals surface area contributed by atoms with E-state index in [1.807, 2.05) is 25.1 Å². The Balaban J connectivity index is 2.57. The number of pyridine rings is 1. The van der Waals surface area contributed by atoms with Gasteiger partial charge in [-0.15, -0.1) is 6.58 Å². The van der Waals surface area contributed by atoms with Crippen molar-refractivity contribution in [3.8, 4) is 5.88 Å². The van der Waals surface area contributed by atoms with Crippen LogP contribution in [-0.2, 0) is 0 Å². The van der Waals surface area contributed by atoms with Gasteiger partial charge in [-0.05, 0) is 35.3 Å². The number of hydrogen-bond acceptors (Lipinski definition) is 2. The summed E-state index contributed by atoms with van der Waals surface area (Å²) in [5, 5.41) is 0. The van der Waals surface area contributed by atoms with Crippen molar-refractivity contribution in [3.05, 3.63) is 35.0 Å². The van der Waals surface area contributed by atoms with Gasteiger partial charge in [-0.25, -0.2) is 4.98 Å². The summed E-state index contributed by atoms with van der Waals surface area (Å²) in [5.41, 5.74) is 0.941. The second-order valence-electron chi connectivity index (χ2n) is 2.64. The number of hydrogen-bond donors (Lipinski definition) is 0. The lowest BCUT2D eigenvalue weighted by Crippen LogP contribution is -1.98. The van der Waals surface area contributed by atoms with E-state index < -0.39 is 0 Å². The van der Waals surface area contributed by atoms with Gasteiger partial charge in [0.25, 0.3) is 0 Å². The number of rotatable bonds is 4. The van der Waals surface area contributed by atoms with Gasteiger partial charge in [0.1, 0.15) is 0 Å². The molecule has 0 saturated heterocycles. The second kappa shape index (κ2) is 5.02. The quantitative estimate of drug-likeness (QED) is 0.597. The van der Waals surface area contributed by atoms with E-state index in [-0.39, 0.29) is 0 Å². The molecule has 13 heavy (non-hydrogen) atoms. The zero-order valence-electron chi connectivity index (χ0n) is 7.59. The molecule has 0 amide bonds. The van der Waals surface area contributed by atoms with E-state index in [2.05, 4.69) is 27.5 Å². The summed E-state index contributed by atoms with van der Waals surface area (Å²) in [6, 6.07) is 3.78. The summed E-state index contributed by atoms with van der Waals surface area (Å²) in [7, 11) is 0. The van der Waals surface area contributed by atoms with Gasteiger partial charge in [-0.3, -0.25) is 0 Å². The Morgan fingerprint density at radius 1 is 1.62 bits per heavy atom. The standard InChI is InChI=1S/C10H12BrNO/c1-3-4-7-13-10-6-5-9(11)8(2)12-10/h3,5-6H,1,4,7H2,2H3. The number of nitrogens with zero attached hydrogens (tertiary/aromatic N) is 1. The van der Waals surface area contributed by atoms with Crippen molar-refractivity contribution in [1.82, 2.24) is 4.98 Å². The Morgan fingerprint density at radius 3 is 3.00 bits per heavy atom. The Hall–Kier alpha value is -0.830. The van der Waals surface area contributed by atoms with Gasteiger partial charge < -0.3 is 4.74 Å². The molecule has 1 rings (SSSR count). The van der Waals surface area contributed by atoms with Crippen LogP contribution in [0.4, 0.5) is 0 Å². The van der Waals surface area contributed by atoms with E-state index in [1.54, 1.807) is 0 Å². The zero-order chi connectivity index (χ0) is 9.68. The molecule has 70 valence electrons. The summed E-state index contributed by atoms with van der Waals surface area (Å²) in [6.45, 7) is 6.19. The van der Waals surface area contributed by atoms with Crippen LogP contribution in [-0.4, -0.2) is 11.6 Å². The third-order valence-electron chi connectivity index (χ3n) is 1.57. The molecule has 0 radical (unpaired) electrons. The fraction of sp³-hybridized carbons (Fsp3) is 0.300. The lowest BCUT2D eigenvalue weighted by atomic mass is 10.4. The topological polar surface area (TPSA) is 22.1 Å². The SMILES string of the molecule is C=CCCOc1ccc(Br)c(C)n1. The first-order valence-electron chi connectivity index (χ1n) is 4.11. The van der Waals surface area contributed by atoms with Crippen molar-refractivity contribution in [2.24, 2.45) is 0 Å². The molecule has 0 atom stereocenters. The number of halogens is 1. The first-order chi connectivity index (χ1) is 6.24. The van der Waals surface area contributed by atoms with E-state index in [9.17, 15) is 0 Å². The number of aryl methyl sites for hydroxylation is 1. The lowest BCUT2D eigenvalue weighted by Gasteiger charge is -2.04. The highest BCUT2D eigenvalue weighted by molar-refractivity contribution is 9.10. The van der Waals surface area contributed by atoms with Gasteiger partial charge in [0.05, 0.1) is 12.3 Å². The van der Waals surface area contributed by atoms with Crippen molar-refractivity contribution in [1.29, 1.82) is 0 Å². The van der Waals surface area contributed by atoms with Crippen LogP contribution >= 0.6 is 15.9 Å². The van der Waals surface area contributed by atoms with Crippen LogP contribution in [0.5, 0.6) is 5.88 Å².